The van der Waals surface area contributed by atoms with Crippen molar-refractivity contribution in [3.8, 4) is 11.4 Å². The summed E-state index contributed by atoms with van der Waals surface area (Å²) in [4.78, 5) is 8.06. The molecule has 200 valence electrons. The van der Waals surface area contributed by atoms with E-state index >= 15 is 0 Å². The van der Waals surface area contributed by atoms with Crippen LogP contribution in [0.2, 0.25) is 5.02 Å². The second-order valence-electron chi connectivity index (χ2n) is 11.2. The molecule has 2 saturated carbocycles. The Morgan fingerprint density at radius 3 is 2.61 bits per heavy atom. The van der Waals surface area contributed by atoms with Crippen LogP contribution in [0.5, 0.6) is 5.75 Å². The predicted octanol–water partition coefficient (Wildman–Crippen LogP) is 5.42. The van der Waals surface area contributed by atoms with E-state index in [9.17, 15) is 17.6 Å². The molecule has 3 aromatic rings. The minimum absolute atomic E-state index is 0.00371. The van der Waals surface area contributed by atoms with Gasteiger partial charge in [0.25, 0.3) is 0 Å². The molecule has 2 aromatic heterocycles. The van der Waals surface area contributed by atoms with Gasteiger partial charge in [0.1, 0.15) is 11.5 Å². The lowest BCUT2D eigenvalue weighted by molar-refractivity contribution is -0.274. The predicted molar refractivity (Wildman–Crippen MR) is 131 cm³/mol. The first-order valence-electron chi connectivity index (χ1n) is 12.7. The number of nitrogens with zero attached hydrogens (tertiary/aromatic N) is 6. The van der Waals surface area contributed by atoms with Crippen molar-refractivity contribution in [2.75, 3.05) is 24.5 Å². The summed E-state index contributed by atoms with van der Waals surface area (Å²) in [6, 6.07) is 8.47. The van der Waals surface area contributed by atoms with Gasteiger partial charge in [0, 0.05) is 48.7 Å². The Morgan fingerprint density at radius 2 is 1.87 bits per heavy atom. The van der Waals surface area contributed by atoms with Crippen LogP contribution in [0.3, 0.4) is 0 Å². The van der Waals surface area contributed by atoms with Crippen molar-refractivity contribution in [3.05, 3.63) is 58.8 Å². The zero-order chi connectivity index (χ0) is 26.3. The highest BCUT2D eigenvalue weighted by atomic mass is 35.5. The number of aromatic nitrogens is 4. The summed E-state index contributed by atoms with van der Waals surface area (Å²) >= 11 is 6.33. The average molecular weight is 549 g/mol. The summed E-state index contributed by atoms with van der Waals surface area (Å²) < 4.78 is 59.4. The van der Waals surface area contributed by atoms with Gasteiger partial charge in [-0.1, -0.05) is 11.6 Å². The highest BCUT2D eigenvalue weighted by Crippen LogP contribution is 2.57. The van der Waals surface area contributed by atoms with Gasteiger partial charge in [0.15, 0.2) is 17.4 Å². The number of hydrogen-bond donors (Lipinski definition) is 0. The maximum atomic E-state index is 14.7. The Morgan fingerprint density at radius 1 is 1.08 bits per heavy atom. The molecule has 0 N–H and O–H groups in total. The number of halogens is 5. The molecule has 7 rings (SSSR count). The topological polar surface area (TPSA) is 59.3 Å². The molecule has 12 heteroatoms. The molecule has 0 amide bonds. The van der Waals surface area contributed by atoms with Crippen molar-refractivity contribution in [2.45, 2.75) is 56.7 Å². The lowest BCUT2D eigenvalue weighted by Crippen LogP contribution is -2.62. The second kappa shape index (κ2) is 8.29. The van der Waals surface area contributed by atoms with Crippen molar-refractivity contribution in [1.29, 1.82) is 0 Å². The molecule has 0 unspecified atom stereocenters. The van der Waals surface area contributed by atoms with Gasteiger partial charge in [0.05, 0.1) is 12.2 Å². The van der Waals surface area contributed by atoms with Gasteiger partial charge in [0.2, 0.25) is 0 Å². The molecule has 3 fully saturated rings. The number of fused-ring (bicyclic) bond motifs is 3. The third kappa shape index (κ3) is 4.29. The number of anilines is 1. The minimum atomic E-state index is -4.77. The lowest BCUT2D eigenvalue weighted by atomic mass is 9.57. The number of hydrogen-bond acceptors (Lipinski definition) is 6. The number of rotatable bonds is 5. The molecule has 1 spiro atoms. The van der Waals surface area contributed by atoms with E-state index in [0.717, 1.165) is 35.7 Å². The standard InChI is InChI=1S/C26H25ClF4N6O/c27-18-3-4-19-16(8-18)11-35(15-25(28)5-6-25)12-21-33-34-22(37(19)21)17-9-24(10-17)13-36(14-24)23-20(2-1-7-32-23)38-26(29,30)31/h1-4,7-8,17H,5-6,9-15H2. The molecule has 1 aromatic carbocycles. The summed E-state index contributed by atoms with van der Waals surface area (Å²) in [5.74, 6) is 1.75. The number of benzene rings is 1. The van der Waals surface area contributed by atoms with E-state index < -0.39 is 12.0 Å². The van der Waals surface area contributed by atoms with Crippen LogP contribution in [0, 0.1) is 5.41 Å². The third-order valence-electron chi connectivity index (χ3n) is 8.15. The van der Waals surface area contributed by atoms with Crippen molar-refractivity contribution >= 4 is 17.4 Å². The molecule has 2 aliphatic carbocycles. The molecule has 4 aliphatic rings. The number of alkyl halides is 4. The lowest BCUT2D eigenvalue weighted by Gasteiger charge is -2.59. The molecule has 0 radical (unpaired) electrons. The molecule has 4 heterocycles. The zero-order valence-electron chi connectivity index (χ0n) is 20.4. The van der Waals surface area contributed by atoms with Gasteiger partial charge in [-0.3, -0.25) is 9.47 Å². The summed E-state index contributed by atoms with van der Waals surface area (Å²) in [5, 5.41) is 9.72. The largest absolute Gasteiger partial charge is 0.573 e. The summed E-state index contributed by atoms with van der Waals surface area (Å²) in [6.45, 7) is 2.65. The first-order chi connectivity index (χ1) is 18.1. The Kier molecular flexibility index (Phi) is 5.27. The van der Waals surface area contributed by atoms with E-state index in [-0.39, 0.29) is 22.9 Å². The third-order valence-corrected chi connectivity index (χ3v) is 8.38. The smallest absolute Gasteiger partial charge is 0.402 e. The van der Waals surface area contributed by atoms with Crippen LogP contribution in [0.15, 0.2) is 36.5 Å². The molecule has 1 saturated heterocycles. The maximum Gasteiger partial charge on any atom is 0.573 e. The SMILES string of the molecule is FC1(CN2Cc3cc(Cl)ccc3-n3c(nnc3C3CC4(C3)CN(c3ncccc3OC(F)(F)F)C4)C2)CC1. The second-order valence-corrected chi connectivity index (χ2v) is 11.6. The Labute approximate surface area is 221 Å². The van der Waals surface area contributed by atoms with Crippen LogP contribution in [-0.4, -0.2) is 56.3 Å². The summed E-state index contributed by atoms with van der Waals surface area (Å²) in [6.07, 6.45) is -0.415. The van der Waals surface area contributed by atoms with Gasteiger partial charge in [-0.25, -0.2) is 9.37 Å². The molecular formula is C26H25ClF4N6O. The first-order valence-corrected chi connectivity index (χ1v) is 13.1. The molecule has 38 heavy (non-hydrogen) atoms. The van der Waals surface area contributed by atoms with Gasteiger partial charge in [-0.15, -0.1) is 23.4 Å². The fourth-order valence-corrected chi connectivity index (χ4v) is 6.52. The minimum Gasteiger partial charge on any atom is -0.402 e. The van der Waals surface area contributed by atoms with Crippen LogP contribution in [-0.2, 0) is 13.1 Å². The first kappa shape index (κ1) is 24.1. The molecule has 0 bridgehead atoms. The van der Waals surface area contributed by atoms with Crippen LogP contribution in [0.4, 0.5) is 23.4 Å². The normalized spacial score (nSPS) is 21.8. The highest BCUT2D eigenvalue weighted by Gasteiger charge is 2.55. The average Bonchev–Trinajstić information content (AvgIpc) is 3.42. The van der Waals surface area contributed by atoms with Gasteiger partial charge in [-0.05, 0) is 61.6 Å². The highest BCUT2D eigenvalue weighted by molar-refractivity contribution is 6.30. The molecule has 0 atom stereocenters. The Bertz CT molecular complexity index is 1390. The zero-order valence-corrected chi connectivity index (χ0v) is 21.1. The summed E-state index contributed by atoms with van der Waals surface area (Å²) in [5.41, 5.74) is 0.856. The fourth-order valence-electron chi connectivity index (χ4n) is 6.33. The monoisotopic (exact) mass is 548 g/mol. The van der Waals surface area contributed by atoms with Crippen molar-refractivity contribution in [2.24, 2.45) is 5.41 Å². The van der Waals surface area contributed by atoms with Crippen LogP contribution in [0.25, 0.3) is 5.69 Å². The summed E-state index contributed by atoms with van der Waals surface area (Å²) in [7, 11) is 0. The fraction of sp³-hybridized carbons (Fsp3) is 0.500. The molecule has 2 aliphatic heterocycles. The van der Waals surface area contributed by atoms with Crippen LogP contribution < -0.4 is 9.64 Å². The van der Waals surface area contributed by atoms with Crippen molar-refractivity contribution < 1.29 is 22.3 Å². The quantitative estimate of drug-likeness (QED) is 0.397. The van der Waals surface area contributed by atoms with Crippen molar-refractivity contribution in [1.82, 2.24) is 24.6 Å². The van der Waals surface area contributed by atoms with E-state index in [1.54, 1.807) is 0 Å². The van der Waals surface area contributed by atoms with Crippen molar-refractivity contribution in [3.63, 3.8) is 0 Å². The van der Waals surface area contributed by atoms with E-state index in [1.165, 1.54) is 18.3 Å². The number of pyridine rings is 1. The van der Waals surface area contributed by atoms with E-state index in [4.69, 9.17) is 11.6 Å². The maximum absolute atomic E-state index is 14.7. The number of ether oxygens (including phenoxy) is 1. The molecular weight excluding hydrogens is 524 g/mol. The molecule has 7 nitrogen and oxygen atoms in total. The van der Waals surface area contributed by atoms with Gasteiger partial charge < -0.3 is 9.64 Å². The van der Waals surface area contributed by atoms with Crippen LogP contribution >= 0.6 is 11.6 Å². The Hall–Kier alpha value is -2.92. The van der Waals surface area contributed by atoms with Gasteiger partial charge in [-0.2, -0.15) is 0 Å². The van der Waals surface area contributed by atoms with Crippen LogP contribution in [0.1, 0.15) is 48.8 Å². The van der Waals surface area contributed by atoms with E-state index in [1.807, 2.05) is 23.1 Å². The Balaban J connectivity index is 1.10. The van der Waals surface area contributed by atoms with E-state index in [0.29, 0.717) is 50.6 Å². The van der Waals surface area contributed by atoms with E-state index in [2.05, 4.69) is 29.4 Å². The van der Waals surface area contributed by atoms with Gasteiger partial charge >= 0.3 is 6.36 Å².